The zero-order chi connectivity index (χ0) is 15.4. The molecule has 0 aliphatic carbocycles. The van der Waals surface area contributed by atoms with E-state index in [1.54, 1.807) is 24.4 Å². The van der Waals surface area contributed by atoms with Gasteiger partial charge in [0.1, 0.15) is 5.82 Å². The monoisotopic (exact) mass is 293 g/mol. The molecule has 0 bridgehead atoms. The van der Waals surface area contributed by atoms with E-state index in [-0.39, 0.29) is 5.75 Å². The van der Waals surface area contributed by atoms with E-state index < -0.39 is 0 Å². The molecule has 5 nitrogen and oxygen atoms in total. The largest absolute Gasteiger partial charge is 0.504 e. The summed E-state index contributed by atoms with van der Waals surface area (Å²) >= 11 is 0. The highest BCUT2D eigenvalue weighted by Crippen LogP contribution is 2.25. The van der Waals surface area contributed by atoms with Crippen molar-refractivity contribution >= 4 is 22.9 Å². The van der Waals surface area contributed by atoms with Crippen molar-refractivity contribution < 1.29 is 9.84 Å². The van der Waals surface area contributed by atoms with E-state index in [4.69, 9.17) is 4.74 Å². The molecule has 0 aliphatic rings. The van der Waals surface area contributed by atoms with Gasteiger partial charge >= 0.3 is 0 Å². The van der Waals surface area contributed by atoms with Crippen molar-refractivity contribution in [1.82, 2.24) is 4.98 Å². The lowest BCUT2D eigenvalue weighted by atomic mass is 10.2. The molecule has 0 radical (unpaired) electrons. The second kappa shape index (κ2) is 6.13. The fourth-order valence-corrected chi connectivity index (χ4v) is 2.08. The number of para-hydroxylation sites is 1. The van der Waals surface area contributed by atoms with Gasteiger partial charge < -0.3 is 9.84 Å². The normalized spacial score (nSPS) is 11.0. The van der Waals surface area contributed by atoms with Crippen LogP contribution in [0.2, 0.25) is 0 Å². The fourth-order valence-electron chi connectivity index (χ4n) is 2.08. The third-order valence-corrected chi connectivity index (χ3v) is 3.19. The number of aromatic hydroxyl groups is 1. The van der Waals surface area contributed by atoms with Crippen LogP contribution in [-0.4, -0.2) is 23.4 Å². The first-order valence-corrected chi connectivity index (χ1v) is 6.78. The van der Waals surface area contributed by atoms with Gasteiger partial charge in [-0.3, -0.25) is 5.43 Å². The highest BCUT2D eigenvalue weighted by atomic mass is 16.5. The number of anilines is 1. The number of nitrogens with one attached hydrogen (secondary N) is 1. The minimum absolute atomic E-state index is 0.101. The van der Waals surface area contributed by atoms with E-state index in [1.165, 1.54) is 7.11 Å². The molecule has 5 heteroatoms. The highest BCUT2D eigenvalue weighted by Gasteiger charge is 2.01. The van der Waals surface area contributed by atoms with Crippen molar-refractivity contribution in [2.45, 2.75) is 0 Å². The summed E-state index contributed by atoms with van der Waals surface area (Å²) in [7, 11) is 1.51. The smallest absolute Gasteiger partial charge is 0.161 e. The van der Waals surface area contributed by atoms with E-state index in [1.807, 2.05) is 36.4 Å². The minimum atomic E-state index is 0.101. The van der Waals surface area contributed by atoms with Crippen molar-refractivity contribution in [1.29, 1.82) is 0 Å². The third-order valence-electron chi connectivity index (χ3n) is 3.19. The van der Waals surface area contributed by atoms with Crippen LogP contribution < -0.4 is 10.2 Å². The maximum Gasteiger partial charge on any atom is 0.161 e. The second-order valence-corrected chi connectivity index (χ2v) is 4.69. The Morgan fingerprint density at radius 3 is 2.86 bits per heavy atom. The second-order valence-electron chi connectivity index (χ2n) is 4.69. The summed E-state index contributed by atoms with van der Waals surface area (Å²) in [4.78, 5) is 4.46. The number of nitrogens with zero attached hydrogens (tertiary/aromatic N) is 2. The van der Waals surface area contributed by atoms with Crippen molar-refractivity contribution in [3.63, 3.8) is 0 Å². The Bertz CT molecular complexity index is 831. The molecule has 0 unspecified atom stereocenters. The zero-order valence-corrected chi connectivity index (χ0v) is 12.0. The summed E-state index contributed by atoms with van der Waals surface area (Å²) in [5, 5.41) is 14.8. The van der Waals surface area contributed by atoms with E-state index in [2.05, 4.69) is 15.5 Å². The molecular formula is C17H15N3O2. The van der Waals surface area contributed by atoms with Gasteiger partial charge in [0.2, 0.25) is 0 Å². The molecule has 110 valence electrons. The Morgan fingerprint density at radius 2 is 2.00 bits per heavy atom. The van der Waals surface area contributed by atoms with Crippen LogP contribution in [0.15, 0.2) is 59.7 Å². The molecule has 0 spiro atoms. The standard InChI is InChI=1S/C17H15N3O2/c1-22-16-10-12(6-8-15(16)21)11-18-20-17-9-7-13-4-2-3-5-14(13)19-17/h2-11,21H,1H3,(H,19,20). The number of phenols is 1. The minimum Gasteiger partial charge on any atom is -0.504 e. The van der Waals surface area contributed by atoms with Crippen LogP contribution in [0, 0.1) is 0 Å². The summed E-state index contributed by atoms with van der Waals surface area (Å²) in [5.41, 5.74) is 4.61. The fraction of sp³-hybridized carbons (Fsp3) is 0.0588. The number of benzene rings is 2. The average molecular weight is 293 g/mol. The molecule has 0 amide bonds. The Kier molecular flexibility index (Phi) is 3.87. The first-order chi connectivity index (χ1) is 10.8. The molecule has 0 saturated heterocycles. The summed E-state index contributed by atoms with van der Waals surface area (Å²) in [6, 6.07) is 16.8. The van der Waals surface area contributed by atoms with E-state index in [0.717, 1.165) is 16.5 Å². The molecule has 3 aromatic rings. The molecule has 2 N–H and O–H groups in total. The van der Waals surface area contributed by atoms with Crippen LogP contribution in [0.1, 0.15) is 5.56 Å². The average Bonchev–Trinajstić information content (AvgIpc) is 2.56. The van der Waals surface area contributed by atoms with Crippen LogP contribution in [0.3, 0.4) is 0 Å². The predicted molar refractivity (Wildman–Crippen MR) is 87.6 cm³/mol. The molecule has 1 heterocycles. The Morgan fingerprint density at radius 1 is 1.14 bits per heavy atom. The van der Waals surface area contributed by atoms with Crippen molar-refractivity contribution in [3.8, 4) is 11.5 Å². The summed E-state index contributed by atoms with van der Waals surface area (Å²) < 4.78 is 5.05. The lowest BCUT2D eigenvalue weighted by molar-refractivity contribution is 0.373. The molecule has 0 saturated carbocycles. The summed E-state index contributed by atoms with van der Waals surface area (Å²) in [5.74, 6) is 1.18. The number of hydrazone groups is 1. The first kappa shape index (κ1) is 13.9. The molecule has 0 atom stereocenters. The predicted octanol–water partition coefficient (Wildman–Crippen LogP) is 3.40. The Labute approximate surface area is 127 Å². The zero-order valence-electron chi connectivity index (χ0n) is 12.0. The Hall–Kier alpha value is -3.08. The summed E-state index contributed by atoms with van der Waals surface area (Å²) in [6.45, 7) is 0. The number of pyridine rings is 1. The number of phenolic OH excluding ortho intramolecular Hbond substituents is 1. The van der Waals surface area contributed by atoms with Gasteiger partial charge in [-0.2, -0.15) is 5.10 Å². The van der Waals surface area contributed by atoms with E-state index in [9.17, 15) is 5.11 Å². The number of aromatic nitrogens is 1. The van der Waals surface area contributed by atoms with Crippen LogP contribution in [0.5, 0.6) is 11.5 Å². The lowest BCUT2D eigenvalue weighted by Crippen LogP contribution is -1.94. The molecule has 1 aromatic heterocycles. The summed E-state index contributed by atoms with van der Waals surface area (Å²) in [6.07, 6.45) is 1.64. The Balaban J connectivity index is 1.75. The molecule has 0 fully saturated rings. The van der Waals surface area contributed by atoms with Gasteiger partial charge in [-0.25, -0.2) is 4.98 Å². The molecule has 22 heavy (non-hydrogen) atoms. The molecule has 2 aromatic carbocycles. The van der Waals surface area contributed by atoms with Crippen molar-refractivity contribution in [3.05, 3.63) is 60.2 Å². The SMILES string of the molecule is COc1cc(C=NNc2ccc3ccccc3n2)ccc1O. The van der Waals surface area contributed by atoms with Crippen LogP contribution in [0.4, 0.5) is 5.82 Å². The van der Waals surface area contributed by atoms with Gasteiger partial charge in [0.25, 0.3) is 0 Å². The van der Waals surface area contributed by atoms with Crippen LogP contribution in [-0.2, 0) is 0 Å². The van der Waals surface area contributed by atoms with Gasteiger partial charge in [-0.15, -0.1) is 0 Å². The first-order valence-electron chi connectivity index (χ1n) is 6.78. The number of hydrogen-bond acceptors (Lipinski definition) is 5. The number of rotatable bonds is 4. The molecule has 3 rings (SSSR count). The molecular weight excluding hydrogens is 278 g/mol. The number of hydrogen-bond donors (Lipinski definition) is 2. The lowest BCUT2D eigenvalue weighted by Gasteiger charge is -2.04. The van der Waals surface area contributed by atoms with Gasteiger partial charge in [-0.05, 0) is 42.0 Å². The van der Waals surface area contributed by atoms with E-state index >= 15 is 0 Å². The topological polar surface area (TPSA) is 66.7 Å². The number of fused-ring (bicyclic) bond motifs is 1. The molecule has 0 aliphatic heterocycles. The van der Waals surface area contributed by atoms with Gasteiger partial charge in [0, 0.05) is 5.39 Å². The van der Waals surface area contributed by atoms with Crippen LogP contribution >= 0.6 is 0 Å². The van der Waals surface area contributed by atoms with Gasteiger partial charge in [0.15, 0.2) is 11.5 Å². The van der Waals surface area contributed by atoms with Crippen molar-refractivity contribution in [2.75, 3.05) is 12.5 Å². The number of methoxy groups -OCH3 is 1. The van der Waals surface area contributed by atoms with Gasteiger partial charge in [-0.1, -0.05) is 18.2 Å². The van der Waals surface area contributed by atoms with E-state index in [0.29, 0.717) is 11.6 Å². The highest BCUT2D eigenvalue weighted by molar-refractivity contribution is 5.82. The number of ether oxygens (including phenoxy) is 1. The maximum absolute atomic E-state index is 9.54. The maximum atomic E-state index is 9.54. The quantitative estimate of drug-likeness (QED) is 0.571. The van der Waals surface area contributed by atoms with Gasteiger partial charge in [0.05, 0.1) is 18.8 Å². The van der Waals surface area contributed by atoms with Crippen LogP contribution in [0.25, 0.3) is 10.9 Å². The van der Waals surface area contributed by atoms with Crippen molar-refractivity contribution in [2.24, 2.45) is 5.10 Å². The third kappa shape index (κ3) is 2.98.